The molecule has 0 aromatic heterocycles. The number of nitrogens with one attached hydrogen (secondary N) is 1. The minimum Gasteiger partial charge on any atom is -0.468 e. The van der Waals surface area contributed by atoms with E-state index in [9.17, 15) is 4.79 Å². The Morgan fingerprint density at radius 3 is 2.88 bits per heavy atom. The fraction of sp³-hybridized carbons (Fsp3) is 0.308. The molecule has 0 saturated carbocycles. The van der Waals surface area contributed by atoms with E-state index < -0.39 is 6.04 Å². The highest BCUT2D eigenvalue weighted by molar-refractivity contribution is 9.10. The zero-order valence-corrected chi connectivity index (χ0v) is 11.6. The standard InChI is InChI=1S/C13H16BrNO2/c1-4-7-15-12(13(16)17-3)10-6-5-9(2)8-11(10)14/h4-6,8,12,15H,1,7H2,2-3H3. The largest absolute Gasteiger partial charge is 0.468 e. The minimum absolute atomic E-state index is 0.309. The molecule has 17 heavy (non-hydrogen) atoms. The number of rotatable bonds is 5. The first-order chi connectivity index (χ1) is 8.10. The molecular formula is C13H16BrNO2. The molecule has 1 aromatic rings. The zero-order chi connectivity index (χ0) is 12.8. The summed E-state index contributed by atoms with van der Waals surface area (Å²) in [4.78, 5) is 11.7. The van der Waals surface area contributed by atoms with Crippen molar-refractivity contribution >= 4 is 21.9 Å². The number of benzene rings is 1. The molecule has 4 heteroatoms. The van der Waals surface area contributed by atoms with Gasteiger partial charge in [-0.3, -0.25) is 5.32 Å². The third-order valence-corrected chi connectivity index (χ3v) is 3.06. The molecule has 1 rings (SSSR count). The number of aryl methyl sites for hydroxylation is 1. The Hall–Kier alpha value is -1.13. The van der Waals surface area contributed by atoms with Gasteiger partial charge in [-0.25, -0.2) is 4.79 Å². The fourth-order valence-electron chi connectivity index (χ4n) is 1.51. The normalized spacial score (nSPS) is 11.9. The first-order valence-corrected chi connectivity index (χ1v) is 6.07. The van der Waals surface area contributed by atoms with Gasteiger partial charge < -0.3 is 4.74 Å². The molecule has 0 radical (unpaired) electrons. The molecule has 3 nitrogen and oxygen atoms in total. The van der Waals surface area contributed by atoms with Crippen LogP contribution in [0.5, 0.6) is 0 Å². The lowest BCUT2D eigenvalue weighted by atomic mass is 10.1. The van der Waals surface area contributed by atoms with Gasteiger partial charge in [0.25, 0.3) is 0 Å². The summed E-state index contributed by atoms with van der Waals surface area (Å²) in [5, 5.41) is 3.07. The van der Waals surface area contributed by atoms with Crippen LogP contribution in [0.1, 0.15) is 17.2 Å². The van der Waals surface area contributed by atoms with E-state index in [2.05, 4.69) is 27.8 Å². The van der Waals surface area contributed by atoms with Gasteiger partial charge in [0.05, 0.1) is 7.11 Å². The van der Waals surface area contributed by atoms with Gasteiger partial charge in [0.15, 0.2) is 0 Å². The average Bonchev–Trinajstić information content (AvgIpc) is 2.31. The zero-order valence-electron chi connectivity index (χ0n) is 10.00. The lowest BCUT2D eigenvalue weighted by Gasteiger charge is -2.17. The van der Waals surface area contributed by atoms with Crippen molar-refractivity contribution in [2.24, 2.45) is 0 Å². The Morgan fingerprint density at radius 2 is 2.35 bits per heavy atom. The second kappa shape index (κ2) is 6.57. The van der Waals surface area contributed by atoms with Gasteiger partial charge in [-0.1, -0.05) is 34.1 Å². The molecule has 92 valence electrons. The Labute approximate surface area is 110 Å². The van der Waals surface area contributed by atoms with Crippen LogP contribution in [0.25, 0.3) is 0 Å². The SMILES string of the molecule is C=CCNC(C(=O)OC)c1ccc(C)cc1Br. The maximum Gasteiger partial charge on any atom is 0.327 e. The van der Waals surface area contributed by atoms with E-state index >= 15 is 0 Å². The van der Waals surface area contributed by atoms with Gasteiger partial charge in [-0.15, -0.1) is 6.58 Å². The molecule has 1 unspecified atom stereocenters. The van der Waals surface area contributed by atoms with E-state index in [0.717, 1.165) is 15.6 Å². The first-order valence-electron chi connectivity index (χ1n) is 5.28. The van der Waals surface area contributed by atoms with Crippen LogP contribution in [0.15, 0.2) is 35.3 Å². The van der Waals surface area contributed by atoms with Gasteiger partial charge in [0.1, 0.15) is 6.04 Å². The number of methoxy groups -OCH3 is 1. The number of carbonyl (C=O) groups is 1. The summed E-state index contributed by atoms with van der Waals surface area (Å²) in [5.74, 6) is -0.309. The summed E-state index contributed by atoms with van der Waals surface area (Å²) in [7, 11) is 1.38. The van der Waals surface area contributed by atoms with Crippen molar-refractivity contribution in [2.45, 2.75) is 13.0 Å². The molecule has 0 spiro atoms. The summed E-state index contributed by atoms with van der Waals surface area (Å²) in [5.41, 5.74) is 2.00. The topological polar surface area (TPSA) is 38.3 Å². The van der Waals surface area contributed by atoms with E-state index in [1.165, 1.54) is 7.11 Å². The quantitative estimate of drug-likeness (QED) is 0.671. The van der Waals surface area contributed by atoms with Gasteiger partial charge in [0.2, 0.25) is 0 Å². The minimum atomic E-state index is -0.479. The van der Waals surface area contributed by atoms with Crippen molar-refractivity contribution < 1.29 is 9.53 Å². The van der Waals surface area contributed by atoms with Crippen molar-refractivity contribution in [3.63, 3.8) is 0 Å². The van der Waals surface area contributed by atoms with Crippen LogP contribution in [0.4, 0.5) is 0 Å². The summed E-state index contributed by atoms with van der Waals surface area (Å²) in [6.45, 7) is 6.16. The van der Waals surface area contributed by atoms with Crippen LogP contribution in [0, 0.1) is 6.92 Å². The predicted molar refractivity (Wildman–Crippen MR) is 71.8 cm³/mol. The monoisotopic (exact) mass is 297 g/mol. The lowest BCUT2D eigenvalue weighted by Crippen LogP contribution is -2.30. The molecule has 0 saturated heterocycles. The molecule has 1 aromatic carbocycles. The summed E-state index contributed by atoms with van der Waals surface area (Å²) in [6.07, 6.45) is 1.71. The maximum atomic E-state index is 11.7. The molecule has 0 aliphatic rings. The second-order valence-electron chi connectivity index (χ2n) is 3.68. The van der Waals surface area contributed by atoms with Crippen LogP contribution >= 0.6 is 15.9 Å². The maximum absolute atomic E-state index is 11.7. The van der Waals surface area contributed by atoms with Crippen LogP contribution < -0.4 is 5.32 Å². The van der Waals surface area contributed by atoms with Gasteiger partial charge >= 0.3 is 5.97 Å². The summed E-state index contributed by atoms with van der Waals surface area (Å²) < 4.78 is 5.69. The van der Waals surface area contributed by atoms with E-state index in [0.29, 0.717) is 6.54 Å². The van der Waals surface area contributed by atoms with Gasteiger partial charge in [0, 0.05) is 11.0 Å². The number of carbonyl (C=O) groups excluding carboxylic acids is 1. The average molecular weight is 298 g/mol. The molecule has 0 heterocycles. The first kappa shape index (κ1) is 13.9. The van der Waals surface area contributed by atoms with E-state index in [1.54, 1.807) is 6.08 Å². The summed E-state index contributed by atoms with van der Waals surface area (Å²) in [6, 6.07) is 5.37. The van der Waals surface area contributed by atoms with E-state index in [4.69, 9.17) is 4.74 Å². The van der Waals surface area contributed by atoms with Crippen molar-refractivity contribution in [3.8, 4) is 0 Å². The molecule has 0 fully saturated rings. The van der Waals surface area contributed by atoms with Crippen LogP contribution in [-0.2, 0) is 9.53 Å². The van der Waals surface area contributed by atoms with Crippen molar-refractivity contribution in [3.05, 3.63) is 46.5 Å². The highest BCUT2D eigenvalue weighted by atomic mass is 79.9. The van der Waals surface area contributed by atoms with Gasteiger partial charge in [-0.05, 0) is 24.1 Å². The molecule has 1 N–H and O–H groups in total. The van der Waals surface area contributed by atoms with Crippen LogP contribution in [-0.4, -0.2) is 19.6 Å². The summed E-state index contributed by atoms with van der Waals surface area (Å²) >= 11 is 3.46. The van der Waals surface area contributed by atoms with E-state index in [1.807, 2.05) is 25.1 Å². The van der Waals surface area contributed by atoms with Crippen molar-refractivity contribution in [1.82, 2.24) is 5.32 Å². The third-order valence-electron chi connectivity index (χ3n) is 2.37. The molecule has 0 bridgehead atoms. The second-order valence-corrected chi connectivity index (χ2v) is 4.53. The molecule has 0 aliphatic carbocycles. The van der Waals surface area contributed by atoms with Crippen molar-refractivity contribution in [1.29, 1.82) is 0 Å². The number of hydrogen-bond acceptors (Lipinski definition) is 3. The fourth-order valence-corrected chi connectivity index (χ4v) is 2.23. The molecule has 0 aliphatic heterocycles. The van der Waals surface area contributed by atoms with Crippen molar-refractivity contribution in [2.75, 3.05) is 13.7 Å². The lowest BCUT2D eigenvalue weighted by molar-refractivity contribution is -0.143. The number of hydrogen-bond donors (Lipinski definition) is 1. The molecule has 0 amide bonds. The number of ether oxygens (including phenoxy) is 1. The smallest absolute Gasteiger partial charge is 0.327 e. The highest BCUT2D eigenvalue weighted by Gasteiger charge is 2.22. The Balaban J connectivity index is 3.03. The van der Waals surface area contributed by atoms with Crippen LogP contribution in [0.2, 0.25) is 0 Å². The number of halogens is 1. The predicted octanol–water partition coefficient (Wildman–Crippen LogP) is 2.75. The number of esters is 1. The van der Waals surface area contributed by atoms with Crippen LogP contribution in [0.3, 0.4) is 0 Å². The van der Waals surface area contributed by atoms with E-state index in [-0.39, 0.29) is 5.97 Å². The van der Waals surface area contributed by atoms with Gasteiger partial charge in [-0.2, -0.15) is 0 Å². The Bertz CT molecular complexity index is 418. The molecular weight excluding hydrogens is 282 g/mol. The highest BCUT2D eigenvalue weighted by Crippen LogP contribution is 2.25. The third kappa shape index (κ3) is 3.68. The molecule has 1 atom stereocenters. The Kier molecular flexibility index (Phi) is 5.38. The Morgan fingerprint density at radius 1 is 1.65 bits per heavy atom.